The van der Waals surface area contributed by atoms with Crippen LogP contribution in [-0.2, 0) is 9.53 Å². The maximum absolute atomic E-state index is 12.1. The highest BCUT2D eigenvalue weighted by Gasteiger charge is 2.31. The van der Waals surface area contributed by atoms with Crippen LogP contribution < -0.4 is 0 Å². The first kappa shape index (κ1) is 18.0. The lowest BCUT2D eigenvalue weighted by Crippen LogP contribution is -2.42. The molecule has 23 heavy (non-hydrogen) atoms. The van der Waals surface area contributed by atoms with Gasteiger partial charge in [0, 0.05) is 23.5 Å². The lowest BCUT2D eigenvalue weighted by molar-refractivity contribution is -0.110. The Morgan fingerprint density at radius 2 is 2.00 bits per heavy atom. The Kier molecular flexibility index (Phi) is 5.84. The number of hydrogen-bond donors (Lipinski definition) is 0. The molecule has 0 spiro atoms. The Morgan fingerprint density at radius 1 is 1.35 bits per heavy atom. The minimum absolute atomic E-state index is 0.117. The van der Waals surface area contributed by atoms with Crippen molar-refractivity contribution < 1.29 is 14.3 Å². The number of carbonyl (C=O) groups is 2. The van der Waals surface area contributed by atoms with Crippen molar-refractivity contribution in [2.24, 2.45) is 5.92 Å². The summed E-state index contributed by atoms with van der Waals surface area (Å²) in [6.45, 7) is 6.88. The molecule has 0 aromatic heterocycles. The van der Waals surface area contributed by atoms with E-state index in [1.807, 2.05) is 45.0 Å². The number of amides is 1. The van der Waals surface area contributed by atoms with Crippen molar-refractivity contribution in [1.29, 1.82) is 0 Å². The van der Waals surface area contributed by atoms with Gasteiger partial charge in [-0.05, 0) is 57.2 Å². The van der Waals surface area contributed by atoms with Gasteiger partial charge in [-0.2, -0.15) is 0 Å². The van der Waals surface area contributed by atoms with E-state index in [-0.39, 0.29) is 17.9 Å². The lowest BCUT2D eigenvalue weighted by Gasteiger charge is -2.35. The van der Waals surface area contributed by atoms with E-state index in [1.54, 1.807) is 4.90 Å². The molecule has 1 aliphatic heterocycles. The Labute approximate surface area is 146 Å². The van der Waals surface area contributed by atoms with Crippen molar-refractivity contribution in [3.63, 3.8) is 0 Å². The number of hydrogen-bond acceptors (Lipinski definition) is 3. The summed E-state index contributed by atoms with van der Waals surface area (Å²) in [5, 5.41) is 0. The smallest absolute Gasteiger partial charge is 0.410 e. The summed E-state index contributed by atoms with van der Waals surface area (Å²) in [4.78, 5) is 25.4. The normalized spacial score (nSPS) is 17.7. The van der Waals surface area contributed by atoms with Crippen molar-refractivity contribution in [2.75, 3.05) is 13.1 Å². The van der Waals surface area contributed by atoms with Crippen LogP contribution >= 0.6 is 15.9 Å². The van der Waals surface area contributed by atoms with Gasteiger partial charge in [0.2, 0.25) is 0 Å². The molecule has 0 aliphatic carbocycles. The first-order valence-corrected chi connectivity index (χ1v) is 8.78. The van der Waals surface area contributed by atoms with Gasteiger partial charge in [-0.3, -0.25) is 0 Å². The van der Waals surface area contributed by atoms with Gasteiger partial charge in [-0.1, -0.05) is 28.1 Å². The molecule has 0 saturated carbocycles. The van der Waals surface area contributed by atoms with Gasteiger partial charge in [0.25, 0.3) is 0 Å². The first-order valence-electron chi connectivity index (χ1n) is 7.99. The highest BCUT2D eigenvalue weighted by molar-refractivity contribution is 9.10. The molecule has 2 rings (SSSR count). The molecule has 1 fully saturated rings. The quantitative estimate of drug-likeness (QED) is 0.729. The van der Waals surface area contributed by atoms with Crippen LogP contribution in [0.25, 0.3) is 0 Å². The van der Waals surface area contributed by atoms with E-state index in [4.69, 9.17) is 4.74 Å². The van der Waals surface area contributed by atoms with Gasteiger partial charge in [0.05, 0.1) is 0 Å². The maximum Gasteiger partial charge on any atom is 0.410 e. The van der Waals surface area contributed by atoms with Crippen molar-refractivity contribution in [3.8, 4) is 0 Å². The second-order valence-corrected chi connectivity index (χ2v) is 7.94. The SMILES string of the molecule is CC(C)(C)OC(=O)N1CCC(C(C=O)c2cccc(Br)c2)CC1. The second kappa shape index (κ2) is 7.47. The largest absolute Gasteiger partial charge is 0.444 e. The third-order valence-corrected chi connectivity index (χ3v) is 4.57. The third-order valence-electron chi connectivity index (χ3n) is 4.08. The minimum atomic E-state index is -0.477. The van der Waals surface area contributed by atoms with Gasteiger partial charge in [-0.25, -0.2) is 4.79 Å². The summed E-state index contributed by atoms with van der Waals surface area (Å²) < 4.78 is 6.39. The van der Waals surface area contributed by atoms with E-state index in [0.29, 0.717) is 13.1 Å². The number of halogens is 1. The highest BCUT2D eigenvalue weighted by atomic mass is 79.9. The van der Waals surface area contributed by atoms with Crippen LogP contribution in [0.2, 0.25) is 0 Å². The molecule has 4 nitrogen and oxygen atoms in total. The fourth-order valence-electron chi connectivity index (χ4n) is 2.94. The Bertz CT molecular complexity index is 560. The van der Waals surface area contributed by atoms with E-state index >= 15 is 0 Å². The van der Waals surface area contributed by atoms with E-state index in [1.165, 1.54) is 0 Å². The van der Waals surface area contributed by atoms with Crippen LogP contribution in [-0.4, -0.2) is 36.0 Å². The standard InChI is InChI=1S/C18H24BrNO3/c1-18(2,3)23-17(22)20-9-7-13(8-10-20)16(12-21)14-5-4-6-15(19)11-14/h4-6,11-13,16H,7-10H2,1-3H3. The Hall–Kier alpha value is -1.36. The molecule has 0 radical (unpaired) electrons. The molecule has 1 saturated heterocycles. The molecule has 1 unspecified atom stereocenters. The summed E-state index contributed by atoms with van der Waals surface area (Å²) >= 11 is 3.45. The number of aldehydes is 1. The number of likely N-dealkylation sites (tertiary alicyclic amines) is 1. The predicted molar refractivity (Wildman–Crippen MR) is 93.5 cm³/mol. The summed E-state index contributed by atoms with van der Waals surface area (Å²) in [5.41, 5.74) is 0.556. The fraction of sp³-hybridized carbons (Fsp3) is 0.556. The molecule has 1 aromatic rings. The summed E-state index contributed by atoms with van der Waals surface area (Å²) in [6.07, 6.45) is 2.40. The van der Waals surface area contributed by atoms with Gasteiger partial charge in [0.1, 0.15) is 11.9 Å². The monoisotopic (exact) mass is 381 g/mol. The van der Waals surface area contributed by atoms with E-state index in [2.05, 4.69) is 15.9 Å². The number of nitrogens with zero attached hydrogens (tertiary/aromatic N) is 1. The number of piperidine rings is 1. The van der Waals surface area contributed by atoms with Gasteiger partial charge < -0.3 is 14.4 Å². The summed E-state index contributed by atoms with van der Waals surface area (Å²) in [7, 11) is 0. The van der Waals surface area contributed by atoms with Crippen molar-refractivity contribution in [3.05, 3.63) is 34.3 Å². The summed E-state index contributed by atoms with van der Waals surface area (Å²) in [6, 6.07) is 7.89. The van der Waals surface area contributed by atoms with Crippen LogP contribution in [0.1, 0.15) is 45.1 Å². The number of rotatable bonds is 3. The molecular weight excluding hydrogens is 358 g/mol. The molecule has 1 heterocycles. The second-order valence-electron chi connectivity index (χ2n) is 7.02. The maximum atomic E-state index is 12.1. The molecule has 126 valence electrons. The number of carbonyl (C=O) groups excluding carboxylic acids is 2. The first-order chi connectivity index (χ1) is 10.8. The predicted octanol–water partition coefficient (Wildman–Crippen LogP) is 4.38. The molecule has 5 heteroatoms. The average molecular weight is 382 g/mol. The van der Waals surface area contributed by atoms with Crippen LogP contribution in [0.3, 0.4) is 0 Å². The fourth-order valence-corrected chi connectivity index (χ4v) is 3.36. The van der Waals surface area contributed by atoms with Gasteiger partial charge >= 0.3 is 6.09 Å². The van der Waals surface area contributed by atoms with Crippen LogP contribution in [0.4, 0.5) is 4.79 Å². The van der Waals surface area contributed by atoms with Crippen molar-refractivity contribution >= 4 is 28.3 Å². The Morgan fingerprint density at radius 3 is 2.52 bits per heavy atom. The van der Waals surface area contributed by atoms with Crippen LogP contribution in [0.5, 0.6) is 0 Å². The third kappa shape index (κ3) is 5.06. The lowest BCUT2D eigenvalue weighted by atomic mass is 9.81. The van der Waals surface area contributed by atoms with E-state index in [0.717, 1.165) is 29.2 Å². The molecule has 1 aliphatic rings. The van der Waals surface area contributed by atoms with E-state index < -0.39 is 5.60 Å². The van der Waals surface area contributed by atoms with E-state index in [9.17, 15) is 9.59 Å². The van der Waals surface area contributed by atoms with Crippen molar-refractivity contribution in [2.45, 2.75) is 45.1 Å². The molecule has 1 aromatic carbocycles. The zero-order valence-corrected chi connectivity index (χ0v) is 15.5. The molecule has 0 N–H and O–H groups in total. The Balaban J connectivity index is 1.97. The van der Waals surface area contributed by atoms with Crippen molar-refractivity contribution in [1.82, 2.24) is 4.90 Å². The van der Waals surface area contributed by atoms with Gasteiger partial charge in [0.15, 0.2) is 0 Å². The highest BCUT2D eigenvalue weighted by Crippen LogP contribution is 2.32. The van der Waals surface area contributed by atoms with Crippen LogP contribution in [0, 0.1) is 5.92 Å². The molecule has 0 bridgehead atoms. The minimum Gasteiger partial charge on any atom is -0.444 e. The van der Waals surface area contributed by atoms with Gasteiger partial charge in [-0.15, -0.1) is 0 Å². The topological polar surface area (TPSA) is 46.6 Å². The average Bonchev–Trinajstić information content (AvgIpc) is 2.47. The molecular formula is C18H24BrNO3. The molecule has 1 atom stereocenters. The number of ether oxygens (including phenoxy) is 1. The zero-order valence-electron chi connectivity index (χ0n) is 13.9. The molecule has 1 amide bonds. The van der Waals surface area contributed by atoms with Crippen LogP contribution in [0.15, 0.2) is 28.7 Å². The number of benzene rings is 1. The zero-order chi connectivity index (χ0) is 17.0. The summed E-state index contributed by atoms with van der Waals surface area (Å²) in [5.74, 6) is 0.147.